The van der Waals surface area contributed by atoms with Gasteiger partial charge in [0.2, 0.25) is 0 Å². The molecule has 0 aromatic carbocycles. The molecule has 0 saturated heterocycles. The Morgan fingerprint density at radius 1 is 1.69 bits per heavy atom. The monoisotopic (exact) mass is 194 g/mol. The van der Waals surface area contributed by atoms with E-state index >= 15 is 0 Å². The van der Waals surface area contributed by atoms with Gasteiger partial charge in [-0.05, 0) is 18.6 Å². The fourth-order valence-electron chi connectivity index (χ4n) is 1.32. The van der Waals surface area contributed by atoms with Crippen LogP contribution in [0, 0.1) is 6.92 Å². The SMILES string of the molecule is Cc1c[nH]c(=O)c(C2CN=CS2)c1. The number of hydrogen-bond acceptors (Lipinski definition) is 3. The number of nitrogens with one attached hydrogen (secondary N) is 1. The molecule has 1 aromatic rings. The van der Waals surface area contributed by atoms with Gasteiger partial charge in [0, 0.05) is 11.8 Å². The van der Waals surface area contributed by atoms with Crippen LogP contribution in [0.1, 0.15) is 16.4 Å². The van der Waals surface area contributed by atoms with Gasteiger partial charge in [0.15, 0.2) is 0 Å². The summed E-state index contributed by atoms with van der Waals surface area (Å²) in [5.41, 5.74) is 3.74. The zero-order chi connectivity index (χ0) is 9.26. The second-order valence-electron chi connectivity index (χ2n) is 3.06. The average molecular weight is 194 g/mol. The van der Waals surface area contributed by atoms with Crippen molar-refractivity contribution in [3.63, 3.8) is 0 Å². The van der Waals surface area contributed by atoms with Gasteiger partial charge in [-0.2, -0.15) is 0 Å². The molecular weight excluding hydrogens is 184 g/mol. The molecule has 1 aromatic heterocycles. The average Bonchev–Trinajstić information content (AvgIpc) is 2.61. The van der Waals surface area contributed by atoms with Crippen molar-refractivity contribution in [3.05, 3.63) is 33.7 Å². The summed E-state index contributed by atoms with van der Waals surface area (Å²) in [5.74, 6) is 0. The molecule has 1 atom stereocenters. The first-order chi connectivity index (χ1) is 6.27. The van der Waals surface area contributed by atoms with Gasteiger partial charge in [0.05, 0.1) is 17.3 Å². The van der Waals surface area contributed by atoms with Gasteiger partial charge in [-0.1, -0.05) is 0 Å². The standard InChI is InChI=1S/C9H10N2OS/c1-6-2-7(9(12)11-3-6)8-4-10-5-13-8/h2-3,5,8H,4H2,1H3,(H,11,12). The first kappa shape index (κ1) is 8.56. The maximum atomic E-state index is 11.4. The lowest BCUT2D eigenvalue weighted by molar-refractivity contribution is 0.935. The van der Waals surface area contributed by atoms with E-state index in [0.29, 0.717) is 0 Å². The quantitative estimate of drug-likeness (QED) is 0.736. The number of hydrogen-bond donors (Lipinski definition) is 1. The van der Waals surface area contributed by atoms with E-state index in [1.807, 2.05) is 18.5 Å². The molecule has 13 heavy (non-hydrogen) atoms. The summed E-state index contributed by atoms with van der Waals surface area (Å²) in [4.78, 5) is 18.3. The van der Waals surface area contributed by atoms with Gasteiger partial charge in [-0.3, -0.25) is 9.79 Å². The number of nitrogens with zero attached hydrogens (tertiary/aromatic N) is 1. The van der Waals surface area contributed by atoms with Crippen LogP contribution in [0.15, 0.2) is 22.1 Å². The van der Waals surface area contributed by atoms with Gasteiger partial charge in [-0.15, -0.1) is 11.8 Å². The van der Waals surface area contributed by atoms with Crippen molar-refractivity contribution in [1.29, 1.82) is 0 Å². The predicted octanol–water partition coefficient (Wildman–Crippen LogP) is 1.50. The highest BCUT2D eigenvalue weighted by molar-refractivity contribution is 8.12. The summed E-state index contributed by atoms with van der Waals surface area (Å²) in [7, 11) is 0. The summed E-state index contributed by atoms with van der Waals surface area (Å²) in [6.07, 6.45) is 1.73. The Kier molecular flexibility index (Phi) is 2.22. The zero-order valence-corrected chi connectivity index (χ0v) is 8.10. The number of H-pyrrole nitrogens is 1. The fraction of sp³-hybridized carbons (Fsp3) is 0.333. The molecule has 0 bridgehead atoms. The molecule has 4 heteroatoms. The third-order valence-corrected chi connectivity index (χ3v) is 3.00. The first-order valence-electron chi connectivity index (χ1n) is 4.10. The van der Waals surface area contributed by atoms with Crippen molar-refractivity contribution < 1.29 is 0 Å². The van der Waals surface area contributed by atoms with Crippen LogP contribution in [-0.4, -0.2) is 17.1 Å². The largest absolute Gasteiger partial charge is 0.329 e. The Bertz CT molecular complexity index is 389. The molecule has 0 spiro atoms. The van der Waals surface area contributed by atoms with E-state index in [0.717, 1.165) is 17.7 Å². The van der Waals surface area contributed by atoms with Gasteiger partial charge < -0.3 is 4.98 Å². The molecule has 2 heterocycles. The minimum Gasteiger partial charge on any atom is -0.329 e. The summed E-state index contributed by atoms with van der Waals surface area (Å²) < 4.78 is 0. The molecule has 0 amide bonds. The molecule has 0 fully saturated rings. The highest BCUT2D eigenvalue weighted by atomic mass is 32.2. The summed E-state index contributed by atoms with van der Waals surface area (Å²) in [6, 6.07) is 1.94. The normalized spacial score (nSPS) is 20.8. The second kappa shape index (κ2) is 3.38. The maximum Gasteiger partial charge on any atom is 0.252 e. The van der Waals surface area contributed by atoms with Crippen LogP contribution >= 0.6 is 11.8 Å². The lowest BCUT2D eigenvalue weighted by Crippen LogP contribution is -2.14. The Morgan fingerprint density at radius 2 is 2.54 bits per heavy atom. The van der Waals surface area contributed by atoms with E-state index in [4.69, 9.17) is 0 Å². The third kappa shape index (κ3) is 1.67. The van der Waals surface area contributed by atoms with E-state index in [2.05, 4.69) is 9.98 Å². The van der Waals surface area contributed by atoms with Crippen LogP contribution in [-0.2, 0) is 0 Å². The Hall–Kier alpha value is -1.03. The highest BCUT2D eigenvalue weighted by Crippen LogP contribution is 2.29. The molecule has 0 radical (unpaired) electrons. The van der Waals surface area contributed by atoms with Gasteiger partial charge in [-0.25, -0.2) is 0 Å². The molecule has 1 N–H and O–H groups in total. The van der Waals surface area contributed by atoms with Crippen LogP contribution in [0.3, 0.4) is 0 Å². The summed E-state index contributed by atoms with van der Waals surface area (Å²) >= 11 is 1.61. The number of aromatic nitrogens is 1. The molecule has 1 unspecified atom stereocenters. The number of aromatic amines is 1. The fourth-order valence-corrected chi connectivity index (χ4v) is 2.14. The summed E-state index contributed by atoms with van der Waals surface area (Å²) in [5, 5.41) is 0.212. The van der Waals surface area contributed by atoms with Crippen molar-refractivity contribution in [3.8, 4) is 0 Å². The molecule has 3 nitrogen and oxygen atoms in total. The Balaban J connectivity index is 2.38. The third-order valence-electron chi connectivity index (χ3n) is 1.99. The van der Waals surface area contributed by atoms with Gasteiger partial charge in [0.1, 0.15) is 0 Å². The maximum absolute atomic E-state index is 11.4. The van der Waals surface area contributed by atoms with Gasteiger partial charge in [0.25, 0.3) is 5.56 Å². The smallest absolute Gasteiger partial charge is 0.252 e. The molecular formula is C9H10N2OS. The number of thioether (sulfide) groups is 1. The van der Waals surface area contributed by atoms with Crippen molar-refractivity contribution in [2.45, 2.75) is 12.2 Å². The molecule has 1 aliphatic heterocycles. The van der Waals surface area contributed by atoms with E-state index < -0.39 is 0 Å². The minimum absolute atomic E-state index is 0.00796. The second-order valence-corrected chi connectivity index (χ2v) is 4.11. The van der Waals surface area contributed by atoms with E-state index in [-0.39, 0.29) is 10.8 Å². The highest BCUT2D eigenvalue weighted by Gasteiger charge is 2.17. The van der Waals surface area contributed by atoms with Crippen molar-refractivity contribution >= 4 is 17.3 Å². The Labute approximate surface area is 80.3 Å². The van der Waals surface area contributed by atoms with Crippen molar-refractivity contribution in [2.75, 3.05) is 6.54 Å². The Morgan fingerprint density at radius 3 is 3.23 bits per heavy atom. The van der Waals surface area contributed by atoms with E-state index in [1.165, 1.54) is 0 Å². The van der Waals surface area contributed by atoms with E-state index in [9.17, 15) is 4.79 Å². The molecule has 1 aliphatic rings. The van der Waals surface area contributed by atoms with Gasteiger partial charge >= 0.3 is 0 Å². The molecule has 68 valence electrons. The summed E-state index contributed by atoms with van der Waals surface area (Å²) in [6.45, 7) is 2.69. The predicted molar refractivity (Wildman–Crippen MR) is 55.5 cm³/mol. The molecule has 0 aliphatic carbocycles. The zero-order valence-electron chi connectivity index (χ0n) is 7.28. The lowest BCUT2D eigenvalue weighted by atomic mass is 10.1. The number of aryl methyl sites for hydroxylation is 1. The number of rotatable bonds is 1. The van der Waals surface area contributed by atoms with Crippen LogP contribution in [0.2, 0.25) is 0 Å². The molecule has 2 rings (SSSR count). The van der Waals surface area contributed by atoms with Crippen LogP contribution < -0.4 is 5.56 Å². The van der Waals surface area contributed by atoms with Crippen LogP contribution in [0.5, 0.6) is 0 Å². The van der Waals surface area contributed by atoms with Crippen molar-refractivity contribution in [1.82, 2.24) is 4.98 Å². The lowest BCUT2D eigenvalue weighted by Gasteiger charge is -2.06. The number of pyridine rings is 1. The number of aliphatic imine (C=N–C) groups is 1. The van der Waals surface area contributed by atoms with Crippen LogP contribution in [0.4, 0.5) is 0 Å². The first-order valence-corrected chi connectivity index (χ1v) is 5.04. The van der Waals surface area contributed by atoms with Crippen LogP contribution in [0.25, 0.3) is 0 Å². The topological polar surface area (TPSA) is 45.2 Å². The minimum atomic E-state index is 0.00796. The van der Waals surface area contributed by atoms with Crippen molar-refractivity contribution in [2.24, 2.45) is 4.99 Å². The van der Waals surface area contributed by atoms with E-state index in [1.54, 1.807) is 18.0 Å². The molecule has 0 saturated carbocycles.